The molecule has 0 radical (unpaired) electrons. The third kappa shape index (κ3) is 45.2. The van der Waals surface area contributed by atoms with E-state index in [0.29, 0.717) is 19.3 Å². The van der Waals surface area contributed by atoms with Crippen LogP contribution in [0.3, 0.4) is 0 Å². The lowest BCUT2D eigenvalue weighted by molar-refractivity contribution is -0.167. The van der Waals surface area contributed by atoms with Crippen LogP contribution < -0.4 is 0 Å². The largest absolute Gasteiger partial charge is 0.462 e. The Morgan fingerprint density at radius 1 is 0.328 bits per heavy atom. The van der Waals surface area contributed by atoms with Crippen LogP contribution >= 0.6 is 0 Å². The fraction of sp³-hybridized carbons (Fsp3) is 0.904. The van der Waals surface area contributed by atoms with Gasteiger partial charge in [-0.3, -0.25) is 14.4 Å². The summed E-state index contributed by atoms with van der Waals surface area (Å²) in [6, 6.07) is 0. The summed E-state index contributed by atoms with van der Waals surface area (Å²) in [7, 11) is 0. The van der Waals surface area contributed by atoms with E-state index < -0.39 is 6.10 Å². The van der Waals surface area contributed by atoms with Gasteiger partial charge in [0.1, 0.15) is 13.2 Å². The number of carbonyl (C=O) groups excluding carboxylic acids is 3. The van der Waals surface area contributed by atoms with Crippen LogP contribution in [0.25, 0.3) is 0 Å². The van der Waals surface area contributed by atoms with Gasteiger partial charge >= 0.3 is 17.9 Å². The van der Waals surface area contributed by atoms with Crippen LogP contribution in [0.5, 0.6) is 0 Å². The molecule has 0 aliphatic heterocycles. The second-order valence-corrected chi connectivity index (χ2v) is 17.4. The number of hydrogen-bond donors (Lipinski definition) is 0. The number of ether oxygens (including phenoxy) is 3. The third-order valence-corrected chi connectivity index (χ3v) is 11.5. The first-order valence-corrected chi connectivity index (χ1v) is 25.7. The standard InChI is InChI=1S/C52H98O6/c1-4-7-10-13-16-19-22-24-26-27-29-30-33-36-39-42-45-51(54)57-48-49(47-56-50(53)44-41-38-35-32-21-18-15-12-9-6-3)58-52(55)46-43-40-37-34-31-28-25-23-20-17-14-11-8-5-2/h28,31,49H,4-27,29-30,32-48H2,1-3H3/b31-28-. The Labute approximate surface area is 360 Å². The fourth-order valence-electron chi connectivity index (χ4n) is 7.61. The predicted molar refractivity (Wildman–Crippen MR) is 247 cm³/mol. The van der Waals surface area contributed by atoms with Crippen LogP contribution in [0.15, 0.2) is 12.2 Å². The second-order valence-electron chi connectivity index (χ2n) is 17.4. The van der Waals surface area contributed by atoms with E-state index in [-0.39, 0.29) is 31.1 Å². The molecule has 1 atom stereocenters. The third-order valence-electron chi connectivity index (χ3n) is 11.5. The molecule has 0 saturated heterocycles. The zero-order valence-corrected chi connectivity index (χ0v) is 39.1. The molecular weight excluding hydrogens is 721 g/mol. The van der Waals surface area contributed by atoms with Crippen LogP contribution in [0.1, 0.15) is 284 Å². The smallest absolute Gasteiger partial charge is 0.306 e. The number of rotatable bonds is 47. The van der Waals surface area contributed by atoms with Crippen LogP contribution in [0, 0.1) is 0 Å². The number of allylic oxidation sites excluding steroid dienone is 2. The Hall–Kier alpha value is -1.85. The number of hydrogen-bond acceptors (Lipinski definition) is 6. The van der Waals surface area contributed by atoms with Crippen molar-refractivity contribution in [1.29, 1.82) is 0 Å². The highest BCUT2D eigenvalue weighted by Crippen LogP contribution is 2.16. The highest BCUT2D eigenvalue weighted by atomic mass is 16.6. The van der Waals surface area contributed by atoms with Crippen LogP contribution in [-0.2, 0) is 28.6 Å². The number of unbranched alkanes of at least 4 members (excludes halogenated alkanes) is 34. The van der Waals surface area contributed by atoms with Gasteiger partial charge in [0.05, 0.1) is 0 Å². The Balaban J connectivity index is 4.31. The van der Waals surface area contributed by atoms with E-state index in [2.05, 4.69) is 32.9 Å². The minimum Gasteiger partial charge on any atom is -0.462 e. The van der Waals surface area contributed by atoms with E-state index in [1.54, 1.807) is 0 Å². The summed E-state index contributed by atoms with van der Waals surface area (Å²) in [6.45, 7) is 6.64. The van der Waals surface area contributed by atoms with Gasteiger partial charge in [0, 0.05) is 19.3 Å². The maximum atomic E-state index is 12.8. The minimum absolute atomic E-state index is 0.0709. The molecule has 1 unspecified atom stereocenters. The average molecular weight is 819 g/mol. The van der Waals surface area contributed by atoms with Gasteiger partial charge in [0.2, 0.25) is 0 Å². The topological polar surface area (TPSA) is 78.9 Å². The van der Waals surface area contributed by atoms with Gasteiger partial charge in [0.25, 0.3) is 0 Å². The van der Waals surface area contributed by atoms with Gasteiger partial charge in [0.15, 0.2) is 6.10 Å². The molecule has 0 aromatic rings. The molecule has 0 aromatic carbocycles. The van der Waals surface area contributed by atoms with Gasteiger partial charge in [-0.15, -0.1) is 0 Å². The van der Waals surface area contributed by atoms with Crippen LogP contribution in [0.2, 0.25) is 0 Å². The van der Waals surface area contributed by atoms with Gasteiger partial charge in [-0.2, -0.15) is 0 Å². The summed E-state index contributed by atoms with van der Waals surface area (Å²) in [6.07, 6.45) is 51.9. The Morgan fingerprint density at radius 2 is 0.569 bits per heavy atom. The maximum Gasteiger partial charge on any atom is 0.306 e. The molecular formula is C52H98O6. The molecule has 342 valence electrons. The van der Waals surface area contributed by atoms with Crippen LogP contribution in [0.4, 0.5) is 0 Å². The average Bonchev–Trinajstić information content (AvgIpc) is 3.22. The van der Waals surface area contributed by atoms with Crippen molar-refractivity contribution in [2.24, 2.45) is 0 Å². The molecule has 0 aliphatic carbocycles. The highest BCUT2D eigenvalue weighted by Gasteiger charge is 2.19. The molecule has 0 heterocycles. The fourth-order valence-corrected chi connectivity index (χ4v) is 7.61. The molecule has 58 heavy (non-hydrogen) atoms. The first-order valence-electron chi connectivity index (χ1n) is 25.7. The molecule has 0 saturated carbocycles. The molecule has 0 amide bonds. The van der Waals surface area contributed by atoms with Crippen molar-refractivity contribution >= 4 is 17.9 Å². The van der Waals surface area contributed by atoms with Gasteiger partial charge < -0.3 is 14.2 Å². The van der Waals surface area contributed by atoms with Crippen molar-refractivity contribution in [3.8, 4) is 0 Å². The Bertz CT molecular complexity index is 900. The monoisotopic (exact) mass is 819 g/mol. The van der Waals surface area contributed by atoms with Crippen molar-refractivity contribution in [2.75, 3.05) is 13.2 Å². The summed E-state index contributed by atoms with van der Waals surface area (Å²) >= 11 is 0. The molecule has 0 spiro atoms. The SMILES string of the molecule is CCCCCCCCC/C=C\CCCCCC(=O)OC(COC(=O)CCCCCCCCCCCC)COC(=O)CCCCCCCCCCCCCCCCCC. The van der Waals surface area contributed by atoms with Crippen molar-refractivity contribution in [2.45, 2.75) is 290 Å². The first kappa shape index (κ1) is 56.1. The van der Waals surface area contributed by atoms with Crippen LogP contribution in [-0.4, -0.2) is 37.2 Å². The van der Waals surface area contributed by atoms with E-state index in [1.165, 1.54) is 173 Å². The summed E-state index contributed by atoms with van der Waals surface area (Å²) in [5.41, 5.74) is 0. The van der Waals surface area contributed by atoms with Gasteiger partial charge in [-0.25, -0.2) is 0 Å². The molecule has 0 aliphatic rings. The predicted octanol–water partition coefficient (Wildman–Crippen LogP) is 16.6. The van der Waals surface area contributed by atoms with E-state index in [0.717, 1.165) is 70.6 Å². The van der Waals surface area contributed by atoms with E-state index in [9.17, 15) is 14.4 Å². The minimum atomic E-state index is -0.770. The van der Waals surface area contributed by atoms with Crippen molar-refractivity contribution in [3.63, 3.8) is 0 Å². The molecule has 0 bridgehead atoms. The van der Waals surface area contributed by atoms with Gasteiger partial charge in [-0.1, -0.05) is 232 Å². The lowest BCUT2D eigenvalue weighted by Gasteiger charge is -2.18. The zero-order valence-electron chi connectivity index (χ0n) is 39.1. The summed E-state index contributed by atoms with van der Waals surface area (Å²) < 4.78 is 16.8. The van der Waals surface area contributed by atoms with Gasteiger partial charge in [-0.05, 0) is 44.9 Å². The molecule has 0 fully saturated rings. The molecule has 0 aromatic heterocycles. The van der Waals surface area contributed by atoms with E-state index >= 15 is 0 Å². The first-order chi connectivity index (χ1) is 28.5. The summed E-state index contributed by atoms with van der Waals surface area (Å²) in [5.74, 6) is -0.873. The Kier molecular flexibility index (Phi) is 46.3. The summed E-state index contributed by atoms with van der Waals surface area (Å²) in [4.78, 5) is 37.9. The molecule has 0 rings (SSSR count). The van der Waals surface area contributed by atoms with Crippen molar-refractivity contribution in [3.05, 3.63) is 12.2 Å². The number of carbonyl (C=O) groups is 3. The highest BCUT2D eigenvalue weighted by molar-refractivity contribution is 5.71. The lowest BCUT2D eigenvalue weighted by atomic mass is 10.0. The normalized spacial score (nSPS) is 12.0. The second kappa shape index (κ2) is 47.8. The van der Waals surface area contributed by atoms with Crippen molar-refractivity contribution in [1.82, 2.24) is 0 Å². The molecule has 6 nitrogen and oxygen atoms in total. The quantitative estimate of drug-likeness (QED) is 0.0263. The number of esters is 3. The molecule has 0 N–H and O–H groups in total. The summed E-state index contributed by atoms with van der Waals surface area (Å²) in [5, 5.41) is 0. The maximum absolute atomic E-state index is 12.8. The zero-order chi connectivity index (χ0) is 42.3. The Morgan fingerprint density at radius 3 is 0.879 bits per heavy atom. The van der Waals surface area contributed by atoms with Crippen molar-refractivity contribution < 1.29 is 28.6 Å². The van der Waals surface area contributed by atoms with E-state index in [1.807, 2.05) is 0 Å². The van der Waals surface area contributed by atoms with E-state index in [4.69, 9.17) is 14.2 Å². The molecule has 6 heteroatoms. The lowest BCUT2D eigenvalue weighted by Crippen LogP contribution is -2.30.